The molecule has 1 aromatic heterocycles. The number of carbonyl (C=O) groups excluding carboxylic acids is 1. The van der Waals surface area contributed by atoms with Crippen molar-refractivity contribution in [2.75, 3.05) is 5.32 Å². The Morgan fingerprint density at radius 1 is 1.53 bits per heavy atom. The summed E-state index contributed by atoms with van der Waals surface area (Å²) in [4.78, 5) is 13.0. The molecule has 0 fully saturated rings. The third-order valence-electron chi connectivity index (χ3n) is 1.90. The summed E-state index contributed by atoms with van der Waals surface area (Å²) in [5.74, 6) is -0.162. The highest BCUT2D eigenvalue weighted by atomic mass is 79.9. The van der Waals surface area contributed by atoms with Crippen LogP contribution in [0.25, 0.3) is 6.20 Å². The quantitative estimate of drug-likeness (QED) is 0.936. The minimum Gasteiger partial charge on any atom is -0.288 e. The minimum absolute atomic E-state index is 0.134. The van der Waals surface area contributed by atoms with E-state index in [1.807, 2.05) is 6.07 Å². The third kappa shape index (κ3) is 2.76. The van der Waals surface area contributed by atoms with E-state index in [2.05, 4.69) is 43.2 Å². The first-order valence-electron chi connectivity index (χ1n) is 4.68. The highest BCUT2D eigenvalue weighted by Gasteiger charge is 2.09. The summed E-state index contributed by atoms with van der Waals surface area (Å²) in [6, 6.07) is 7.00. The van der Waals surface area contributed by atoms with Gasteiger partial charge in [-0.05, 0) is 23.4 Å². The van der Waals surface area contributed by atoms with E-state index in [-0.39, 0.29) is 11.9 Å². The van der Waals surface area contributed by atoms with Crippen LogP contribution in [0, 0.1) is 0 Å². The topological polar surface area (TPSA) is 72.7 Å². The van der Waals surface area contributed by atoms with Gasteiger partial charge in [0.05, 0.1) is 0 Å². The summed E-state index contributed by atoms with van der Waals surface area (Å²) in [5, 5.41) is 13.7. The molecule has 2 rings (SSSR count). The monoisotopic (exact) mass is 293 g/mol. The molecule has 0 saturated heterocycles. The largest absolute Gasteiger partial charge is 0.288 e. The lowest BCUT2D eigenvalue weighted by Crippen LogP contribution is -2.13. The summed E-state index contributed by atoms with van der Waals surface area (Å²) in [7, 11) is 0. The molecule has 1 N–H and O–H groups in total. The summed E-state index contributed by atoms with van der Waals surface area (Å²) >= 11 is 3.29. The van der Waals surface area contributed by atoms with Gasteiger partial charge < -0.3 is 0 Å². The second-order valence-electron chi connectivity index (χ2n) is 3.08. The summed E-state index contributed by atoms with van der Waals surface area (Å²) < 4.78 is 0.827. The number of nitrogens with one attached hydrogen (secondary N) is 1. The maximum absolute atomic E-state index is 11.8. The van der Waals surface area contributed by atoms with E-state index < -0.39 is 0 Å². The molecule has 0 spiro atoms. The minimum atomic E-state index is -0.296. The molecule has 86 valence electrons. The summed E-state index contributed by atoms with van der Waals surface area (Å²) in [6.07, 6.45) is 1.38. The van der Waals surface area contributed by atoms with Crippen molar-refractivity contribution in [3.05, 3.63) is 40.9 Å². The number of carbonyl (C=O) groups is 1. The molecule has 1 aromatic carbocycles. The van der Waals surface area contributed by atoms with Crippen LogP contribution in [0.15, 0.2) is 35.3 Å². The standard InChI is InChI=1S/C10H8BrN5O/c1-2-16-14-10(13-15-16)12-9(17)7-4-3-5-8(11)6-7/h2-6H,1H2,(H,12,14,17). The van der Waals surface area contributed by atoms with Crippen molar-refractivity contribution >= 4 is 34.0 Å². The Morgan fingerprint density at radius 2 is 2.35 bits per heavy atom. The molecule has 0 atom stereocenters. The lowest BCUT2D eigenvalue weighted by Gasteiger charge is -2.00. The van der Waals surface area contributed by atoms with Crippen LogP contribution >= 0.6 is 15.9 Å². The lowest BCUT2D eigenvalue weighted by molar-refractivity contribution is 0.102. The normalized spacial score (nSPS) is 9.94. The predicted octanol–water partition coefficient (Wildman–Crippen LogP) is 1.79. The Bertz CT molecular complexity index is 565. The van der Waals surface area contributed by atoms with E-state index >= 15 is 0 Å². The molecule has 0 aliphatic rings. The third-order valence-corrected chi connectivity index (χ3v) is 2.40. The van der Waals surface area contributed by atoms with E-state index in [4.69, 9.17) is 0 Å². The van der Waals surface area contributed by atoms with Gasteiger partial charge in [-0.2, -0.15) is 0 Å². The second kappa shape index (κ2) is 4.88. The smallest absolute Gasteiger partial charge is 0.270 e. The van der Waals surface area contributed by atoms with E-state index in [1.165, 1.54) is 6.20 Å². The molecule has 6 nitrogen and oxygen atoms in total. The zero-order valence-corrected chi connectivity index (χ0v) is 10.3. The lowest BCUT2D eigenvalue weighted by atomic mass is 10.2. The van der Waals surface area contributed by atoms with E-state index in [1.54, 1.807) is 18.2 Å². The zero-order chi connectivity index (χ0) is 12.3. The zero-order valence-electron chi connectivity index (χ0n) is 8.67. The number of rotatable bonds is 3. The Kier molecular flexibility index (Phi) is 3.29. The predicted molar refractivity (Wildman–Crippen MR) is 66.3 cm³/mol. The van der Waals surface area contributed by atoms with Crippen molar-refractivity contribution in [3.63, 3.8) is 0 Å². The maximum atomic E-state index is 11.8. The fourth-order valence-electron chi connectivity index (χ4n) is 1.16. The number of nitrogens with zero attached hydrogens (tertiary/aromatic N) is 4. The van der Waals surface area contributed by atoms with E-state index in [9.17, 15) is 4.79 Å². The molecule has 7 heteroatoms. The fraction of sp³-hybridized carbons (Fsp3) is 0. The number of hydrogen-bond acceptors (Lipinski definition) is 4. The molecular weight excluding hydrogens is 286 g/mol. The van der Waals surface area contributed by atoms with Gasteiger partial charge in [0.1, 0.15) is 0 Å². The Hall–Kier alpha value is -2.02. The van der Waals surface area contributed by atoms with Gasteiger partial charge >= 0.3 is 0 Å². The molecule has 17 heavy (non-hydrogen) atoms. The van der Waals surface area contributed by atoms with Crippen molar-refractivity contribution in [1.29, 1.82) is 0 Å². The molecule has 0 aliphatic heterocycles. The van der Waals surface area contributed by atoms with Crippen molar-refractivity contribution in [1.82, 2.24) is 20.2 Å². The first-order valence-corrected chi connectivity index (χ1v) is 5.47. The summed E-state index contributed by atoms with van der Waals surface area (Å²) in [6.45, 7) is 3.47. The molecular formula is C10H8BrN5O. The van der Waals surface area contributed by atoms with Crippen LogP contribution in [0.3, 0.4) is 0 Å². The average molecular weight is 294 g/mol. The number of tetrazole rings is 1. The van der Waals surface area contributed by atoms with Crippen molar-refractivity contribution < 1.29 is 4.79 Å². The van der Waals surface area contributed by atoms with Crippen LogP contribution < -0.4 is 5.32 Å². The Morgan fingerprint density at radius 3 is 3.00 bits per heavy atom. The molecule has 0 unspecified atom stereocenters. The molecule has 1 heterocycles. The van der Waals surface area contributed by atoms with Gasteiger partial charge in [-0.25, -0.2) is 0 Å². The number of aromatic nitrogens is 4. The highest BCUT2D eigenvalue weighted by molar-refractivity contribution is 9.10. The van der Waals surface area contributed by atoms with Crippen LogP contribution in [-0.4, -0.2) is 26.1 Å². The molecule has 0 saturated carbocycles. The van der Waals surface area contributed by atoms with Gasteiger partial charge in [-0.15, -0.1) is 9.90 Å². The Labute approximate surface area is 105 Å². The first-order chi connectivity index (χ1) is 8.19. The van der Waals surface area contributed by atoms with Gasteiger partial charge in [0.15, 0.2) is 0 Å². The highest BCUT2D eigenvalue weighted by Crippen LogP contribution is 2.12. The maximum Gasteiger partial charge on any atom is 0.270 e. The SMILES string of the molecule is C=Cn1nnc(NC(=O)c2cccc(Br)c2)n1. The van der Waals surface area contributed by atoms with E-state index in [0.717, 1.165) is 9.27 Å². The van der Waals surface area contributed by atoms with Crippen molar-refractivity contribution in [3.8, 4) is 0 Å². The molecule has 0 bridgehead atoms. The fourth-order valence-corrected chi connectivity index (χ4v) is 1.56. The van der Waals surface area contributed by atoms with Gasteiger partial charge in [0, 0.05) is 16.2 Å². The van der Waals surface area contributed by atoms with Crippen molar-refractivity contribution in [2.45, 2.75) is 0 Å². The summed E-state index contributed by atoms with van der Waals surface area (Å²) in [5.41, 5.74) is 0.509. The van der Waals surface area contributed by atoms with Gasteiger partial charge in [-0.3, -0.25) is 10.1 Å². The van der Waals surface area contributed by atoms with Crippen LogP contribution in [0.5, 0.6) is 0 Å². The van der Waals surface area contributed by atoms with E-state index in [0.29, 0.717) is 5.56 Å². The molecule has 2 aromatic rings. The van der Waals surface area contributed by atoms with Gasteiger partial charge in [-0.1, -0.05) is 33.7 Å². The number of hydrogen-bond donors (Lipinski definition) is 1. The molecule has 0 aliphatic carbocycles. The number of benzene rings is 1. The molecule has 1 amide bonds. The van der Waals surface area contributed by atoms with Crippen LogP contribution in [0.1, 0.15) is 10.4 Å². The number of amides is 1. The van der Waals surface area contributed by atoms with Gasteiger partial charge in [0.25, 0.3) is 11.9 Å². The Balaban J connectivity index is 2.14. The van der Waals surface area contributed by atoms with Crippen LogP contribution in [-0.2, 0) is 0 Å². The van der Waals surface area contributed by atoms with Crippen molar-refractivity contribution in [2.24, 2.45) is 0 Å². The van der Waals surface area contributed by atoms with Crippen LogP contribution in [0.2, 0.25) is 0 Å². The first kappa shape index (κ1) is 11.5. The number of anilines is 1. The second-order valence-corrected chi connectivity index (χ2v) is 4.00. The van der Waals surface area contributed by atoms with Gasteiger partial charge in [0.2, 0.25) is 0 Å². The molecule has 0 radical (unpaired) electrons. The van der Waals surface area contributed by atoms with Crippen LogP contribution in [0.4, 0.5) is 5.95 Å². The number of halogens is 1. The average Bonchev–Trinajstić information content (AvgIpc) is 2.77.